The lowest BCUT2D eigenvalue weighted by atomic mass is 10.2. The van der Waals surface area contributed by atoms with E-state index in [-0.39, 0.29) is 11.3 Å². The van der Waals surface area contributed by atoms with Gasteiger partial charge in [-0.05, 0) is 25.1 Å². The molecule has 3 aromatic rings. The Balaban J connectivity index is 2.02. The van der Waals surface area contributed by atoms with Gasteiger partial charge in [-0.15, -0.1) is 0 Å². The Bertz CT molecular complexity index is 831. The zero-order valence-electron chi connectivity index (χ0n) is 11.3. The second-order valence-corrected chi connectivity index (χ2v) is 4.59. The number of aromatic nitrogens is 2. The maximum atomic E-state index is 11.2. The number of pyridine rings is 2. The van der Waals surface area contributed by atoms with Crippen molar-refractivity contribution in [3.8, 4) is 11.5 Å². The summed E-state index contributed by atoms with van der Waals surface area (Å²) in [6.07, 6.45) is 3.00. The van der Waals surface area contributed by atoms with Gasteiger partial charge in [-0.25, -0.2) is 4.79 Å². The second kappa shape index (κ2) is 5.20. The SMILES string of the molecule is Cc1cc(Oc2ccc3cccnc3c2)c(C(=O)O)cn1. The van der Waals surface area contributed by atoms with Gasteiger partial charge in [0.2, 0.25) is 0 Å². The summed E-state index contributed by atoms with van der Waals surface area (Å²) in [7, 11) is 0. The highest BCUT2D eigenvalue weighted by Gasteiger charge is 2.13. The minimum Gasteiger partial charge on any atom is -0.477 e. The first-order valence-electron chi connectivity index (χ1n) is 6.36. The van der Waals surface area contributed by atoms with Gasteiger partial charge in [0.05, 0.1) is 5.52 Å². The molecule has 1 N–H and O–H groups in total. The molecule has 5 nitrogen and oxygen atoms in total. The van der Waals surface area contributed by atoms with Crippen molar-refractivity contribution in [3.63, 3.8) is 0 Å². The number of benzene rings is 1. The van der Waals surface area contributed by atoms with E-state index < -0.39 is 5.97 Å². The smallest absolute Gasteiger partial charge is 0.341 e. The number of aromatic carboxylic acids is 1. The number of hydrogen-bond donors (Lipinski definition) is 1. The molecule has 0 fully saturated rings. The third-order valence-corrected chi connectivity index (χ3v) is 3.04. The molecule has 0 saturated carbocycles. The molecule has 0 aliphatic heterocycles. The van der Waals surface area contributed by atoms with Gasteiger partial charge in [-0.3, -0.25) is 9.97 Å². The van der Waals surface area contributed by atoms with Crippen LogP contribution in [0.3, 0.4) is 0 Å². The molecule has 1 aromatic carbocycles. The van der Waals surface area contributed by atoms with E-state index in [2.05, 4.69) is 9.97 Å². The van der Waals surface area contributed by atoms with E-state index in [1.807, 2.05) is 18.2 Å². The largest absolute Gasteiger partial charge is 0.477 e. The lowest BCUT2D eigenvalue weighted by Gasteiger charge is -2.09. The van der Waals surface area contributed by atoms with Crippen molar-refractivity contribution in [1.29, 1.82) is 0 Å². The van der Waals surface area contributed by atoms with E-state index in [1.165, 1.54) is 6.20 Å². The predicted octanol–water partition coefficient (Wildman–Crippen LogP) is 3.43. The lowest BCUT2D eigenvalue weighted by molar-refractivity contribution is 0.0693. The number of rotatable bonds is 3. The minimum absolute atomic E-state index is 0.0294. The molecule has 104 valence electrons. The highest BCUT2D eigenvalue weighted by molar-refractivity contribution is 5.90. The standard InChI is InChI=1S/C16H12N2O3/c1-10-7-15(13(9-18-10)16(19)20)21-12-5-4-11-3-2-6-17-14(11)8-12/h2-9H,1H3,(H,19,20). The number of aryl methyl sites for hydroxylation is 1. The minimum atomic E-state index is -1.07. The Morgan fingerprint density at radius 2 is 2.05 bits per heavy atom. The van der Waals surface area contributed by atoms with Crippen molar-refractivity contribution in [3.05, 3.63) is 60.0 Å². The van der Waals surface area contributed by atoms with Crippen LogP contribution in [0, 0.1) is 6.92 Å². The first-order valence-corrected chi connectivity index (χ1v) is 6.36. The first kappa shape index (κ1) is 13.1. The fourth-order valence-corrected chi connectivity index (χ4v) is 2.02. The first-order chi connectivity index (χ1) is 10.1. The molecule has 0 bridgehead atoms. The zero-order chi connectivity index (χ0) is 14.8. The zero-order valence-corrected chi connectivity index (χ0v) is 11.3. The summed E-state index contributed by atoms with van der Waals surface area (Å²) in [5.41, 5.74) is 1.51. The van der Waals surface area contributed by atoms with Gasteiger partial charge in [0.1, 0.15) is 17.1 Å². The van der Waals surface area contributed by atoms with Crippen molar-refractivity contribution in [2.45, 2.75) is 6.92 Å². The topological polar surface area (TPSA) is 72.3 Å². The molecule has 0 radical (unpaired) electrons. The molecule has 0 unspecified atom stereocenters. The molecule has 0 spiro atoms. The van der Waals surface area contributed by atoms with Crippen LogP contribution in [0.1, 0.15) is 16.1 Å². The van der Waals surface area contributed by atoms with Crippen LogP contribution < -0.4 is 4.74 Å². The van der Waals surface area contributed by atoms with Crippen LogP contribution in [0.15, 0.2) is 48.8 Å². The van der Waals surface area contributed by atoms with E-state index >= 15 is 0 Å². The molecule has 3 rings (SSSR count). The normalized spacial score (nSPS) is 10.5. The quantitative estimate of drug-likeness (QED) is 0.795. The molecule has 0 amide bonds. The Hall–Kier alpha value is -2.95. The number of hydrogen-bond acceptors (Lipinski definition) is 4. The van der Waals surface area contributed by atoms with Crippen LogP contribution in [0.4, 0.5) is 0 Å². The molecule has 5 heteroatoms. The Labute approximate surface area is 120 Å². The monoisotopic (exact) mass is 280 g/mol. The third-order valence-electron chi connectivity index (χ3n) is 3.04. The van der Waals surface area contributed by atoms with Gasteiger partial charge < -0.3 is 9.84 Å². The summed E-state index contributed by atoms with van der Waals surface area (Å²) < 4.78 is 5.70. The maximum Gasteiger partial charge on any atom is 0.341 e. The van der Waals surface area contributed by atoms with Gasteiger partial charge in [0.15, 0.2) is 0 Å². The van der Waals surface area contributed by atoms with Crippen LogP contribution in [0.2, 0.25) is 0 Å². The molecule has 2 aromatic heterocycles. The second-order valence-electron chi connectivity index (χ2n) is 4.59. The number of ether oxygens (including phenoxy) is 1. The maximum absolute atomic E-state index is 11.2. The van der Waals surface area contributed by atoms with E-state index in [4.69, 9.17) is 4.74 Å². The molecule has 0 aliphatic carbocycles. The highest BCUT2D eigenvalue weighted by atomic mass is 16.5. The average Bonchev–Trinajstić information content (AvgIpc) is 2.47. The summed E-state index contributed by atoms with van der Waals surface area (Å²) in [6.45, 7) is 1.78. The summed E-state index contributed by atoms with van der Waals surface area (Å²) in [5, 5.41) is 10.2. The summed E-state index contributed by atoms with van der Waals surface area (Å²) in [5.74, 6) is -0.268. The van der Waals surface area contributed by atoms with Gasteiger partial charge in [-0.2, -0.15) is 0 Å². The van der Waals surface area contributed by atoms with Gasteiger partial charge in [-0.1, -0.05) is 6.07 Å². The fraction of sp³-hybridized carbons (Fsp3) is 0.0625. The number of carboxylic acids is 1. The summed E-state index contributed by atoms with van der Waals surface area (Å²) in [4.78, 5) is 19.4. The van der Waals surface area contributed by atoms with Crippen molar-refractivity contribution in [2.24, 2.45) is 0 Å². The molecule has 0 saturated heterocycles. The van der Waals surface area contributed by atoms with Crippen LogP contribution >= 0.6 is 0 Å². The van der Waals surface area contributed by atoms with E-state index in [0.29, 0.717) is 11.4 Å². The molecular formula is C16H12N2O3. The third kappa shape index (κ3) is 2.67. The molecule has 2 heterocycles. The molecule has 0 atom stereocenters. The van der Waals surface area contributed by atoms with E-state index in [9.17, 15) is 9.90 Å². The van der Waals surface area contributed by atoms with E-state index in [0.717, 1.165) is 10.9 Å². The summed E-state index contributed by atoms with van der Waals surface area (Å²) >= 11 is 0. The number of carbonyl (C=O) groups is 1. The fourth-order valence-electron chi connectivity index (χ4n) is 2.02. The van der Waals surface area contributed by atoms with Gasteiger partial charge in [0.25, 0.3) is 0 Å². The van der Waals surface area contributed by atoms with E-state index in [1.54, 1.807) is 31.3 Å². The Morgan fingerprint density at radius 3 is 2.86 bits per heavy atom. The Morgan fingerprint density at radius 1 is 1.19 bits per heavy atom. The van der Waals surface area contributed by atoms with Crippen molar-refractivity contribution in [2.75, 3.05) is 0 Å². The van der Waals surface area contributed by atoms with Crippen molar-refractivity contribution in [1.82, 2.24) is 9.97 Å². The molecule has 21 heavy (non-hydrogen) atoms. The summed E-state index contributed by atoms with van der Waals surface area (Å²) in [6, 6.07) is 10.9. The van der Waals surface area contributed by atoms with Crippen LogP contribution in [0.25, 0.3) is 10.9 Å². The lowest BCUT2D eigenvalue weighted by Crippen LogP contribution is -2.01. The number of carboxylic acid groups (broad SMARTS) is 1. The van der Waals surface area contributed by atoms with Crippen molar-refractivity contribution >= 4 is 16.9 Å². The molecule has 0 aliphatic rings. The molecular weight excluding hydrogens is 268 g/mol. The predicted molar refractivity (Wildman–Crippen MR) is 77.8 cm³/mol. The van der Waals surface area contributed by atoms with Gasteiger partial charge >= 0.3 is 5.97 Å². The van der Waals surface area contributed by atoms with Crippen LogP contribution in [0.5, 0.6) is 11.5 Å². The highest BCUT2D eigenvalue weighted by Crippen LogP contribution is 2.27. The number of fused-ring (bicyclic) bond motifs is 1. The average molecular weight is 280 g/mol. The van der Waals surface area contributed by atoms with Crippen molar-refractivity contribution < 1.29 is 14.6 Å². The van der Waals surface area contributed by atoms with Crippen LogP contribution in [-0.2, 0) is 0 Å². The van der Waals surface area contributed by atoms with Crippen LogP contribution in [-0.4, -0.2) is 21.0 Å². The number of nitrogens with zero attached hydrogens (tertiary/aromatic N) is 2. The Kier molecular flexibility index (Phi) is 3.23. The van der Waals surface area contributed by atoms with Gasteiger partial charge in [0, 0.05) is 35.6 Å².